The Labute approximate surface area is 160 Å². The lowest BCUT2D eigenvalue weighted by Crippen LogP contribution is -2.17. The summed E-state index contributed by atoms with van der Waals surface area (Å²) >= 11 is 5.78. The second-order valence-electron chi connectivity index (χ2n) is 5.45. The fourth-order valence-corrected chi connectivity index (χ4v) is 2.41. The van der Waals surface area contributed by atoms with Gasteiger partial charge in [-0.05, 0) is 35.9 Å². The zero-order chi connectivity index (χ0) is 19.8. The van der Waals surface area contributed by atoms with Gasteiger partial charge in [0.1, 0.15) is 0 Å². The number of nitrogens with zero attached hydrogens (tertiary/aromatic N) is 1. The van der Waals surface area contributed by atoms with Crippen LogP contribution >= 0.6 is 11.6 Å². The van der Waals surface area contributed by atoms with Gasteiger partial charge in [0.25, 0.3) is 0 Å². The third kappa shape index (κ3) is 5.93. The van der Waals surface area contributed by atoms with Crippen LogP contribution in [-0.2, 0) is 14.3 Å². The third-order valence-electron chi connectivity index (χ3n) is 3.60. The number of methoxy groups -OCH3 is 1. The van der Waals surface area contributed by atoms with Gasteiger partial charge in [0.2, 0.25) is 12.3 Å². The molecule has 0 radical (unpaired) electrons. The standard InChI is InChI=1S/C19H16ClNO6/c1-26-19(23)17(27-18(22)14-7-9-16(20)10-8-14)11-15(12-21(24)25)13-5-3-2-4-6-13/h2-11,15H,12H2,1H3/b17-11-/t15-/m0/s1. The number of ether oxygens (including phenoxy) is 2. The zero-order valence-electron chi connectivity index (χ0n) is 14.3. The quantitative estimate of drug-likeness (QED) is 0.236. The summed E-state index contributed by atoms with van der Waals surface area (Å²) in [5, 5.41) is 11.5. The van der Waals surface area contributed by atoms with Crippen LogP contribution in [0.2, 0.25) is 5.02 Å². The largest absolute Gasteiger partial charge is 0.463 e. The lowest BCUT2D eigenvalue weighted by atomic mass is 9.98. The smallest absolute Gasteiger partial charge is 0.373 e. The molecule has 0 N–H and O–H groups in total. The van der Waals surface area contributed by atoms with Gasteiger partial charge in [-0.2, -0.15) is 0 Å². The Balaban J connectivity index is 2.34. The van der Waals surface area contributed by atoms with Crippen molar-refractivity contribution < 1.29 is 24.0 Å². The Morgan fingerprint density at radius 3 is 2.33 bits per heavy atom. The Morgan fingerprint density at radius 1 is 1.15 bits per heavy atom. The summed E-state index contributed by atoms with van der Waals surface area (Å²) < 4.78 is 9.78. The number of esters is 2. The number of carbonyl (C=O) groups is 2. The van der Waals surface area contributed by atoms with Crippen molar-refractivity contribution in [3.05, 3.63) is 92.7 Å². The number of carbonyl (C=O) groups excluding carboxylic acids is 2. The van der Waals surface area contributed by atoms with Crippen molar-refractivity contribution in [2.24, 2.45) is 0 Å². The summed E-state index contributed by atoms with van der Waals surface area (Å²) in [7, 11) is 1.12. The van der Waals surface area contributed by atoms with Crippen molar-refractivity contribution >= 4 is 23.5 Å². The number of benzene rings is 2. The van der Waals surface area contributed by atoms with E-state index in [4.69, 9.17) is 16.3 Å². The summed E-state index contributed by atoms with van der Waals surface area (Å²) in [6.45, 7) is -0.483. The van der Waals surface area contributed by atoms with Crippen LogP contribution in [0.25, 0.3) is 0 Å². The second-order valence-corrected chi connectivity index (χ2v) is 5.89. The van der Waals surface area contributed by atoms with Gasteiger partial charge in [0.15, 0.2) is 0 Å². The molecule has 27 heavy (non-hydrogen) atoms. The van der Waals surface area contributed by atoms with E-state index in [-0.39, 0.29) is 5.56 Å². The average molecular weight is 390 g/mol. The predicted octanol–water partition coefficient (Wildman–Crippen LogP) is 3.61. The van der Waals surface area contributed by atoms with Crippen molar-refractivity contribution in [2.75, 3.05) is 13.7 Å². The molecule has 1 atom stereocenters. The monoisotopic (exact) mass is 389 g/mol. The van der Waals surface area contributed by atoms with Gasteiger partial charge < -0.3 is 9.47 Å². The van der Waals surface area contributed by atoms with Crippen LogP contribution < -0.4 is 0 Å². The van der Waals surface area contributed by atoms with E-state index < -0.39 is 35.1 Å². The van der Waals surface area contributed by atoms with E-state index in [1.807, 2.05) is 0 Å². The molecule has 2 aromatic carbocycles. The number of hydrogen-bond acceptors (Lipinski definition) is 6. The molecule has 0 fully saturated rings. The molecule has 0 aliphatic rings. The maximum Gasteiger partial charge on any atom is 0.373 e. The Kier molecular flexibility index (Phi) is 7.08. The summed E-state index contributed by atoms with van der Waals surface area (Å²) in [6, 6.07) is 14.4. The van der Waals surface area contributed by atoms with Crippen LogP contribution in [0.3, 0.4) is 0 Å². The molecule has 0 aromatic heterocycles. The van der Waals surface area contributed by atoms with Crippen LogP contribution in [-0.4, -0.2) is 30.5 Å². The van der Waals surface area contributed by atoms with Crippen molar-refractivity contribution in [1.82, 2.24) is 0 Å². The van der Waals surface area contributed by atoms with E-state index in [9.17, 15) is 19.7 Å². The molecule has 0 aliphatic heterocycles. The summed E-state index contributed by atoms with van der Waals surface area (Å²) in [5.74, 6) is -2.93. The van der Waals surface area contributed by atoms with E-state index in [1.54, 1.807) is 30.3 Å². The van der Waals surface area contributed by atoms with Gasteiger partial charge in [0, 0.05) is 9.95 Å². The average Bonchev–Trinajstić information content (AvgIpc) is 2.67. The zero-order valence-corrected chi connectivity index (χ0v) is 15.1. The molecule has 0 aliphatic carbocycles. The van der Waals surface area contributed by atoms with Crippen molar-refractivity contribution in [3.63, 3.8) is 0 Å². The molecule has 0 saturated heterocycles. The molecule has 0 unspecified atom stereocenters. The first-order valence-corrected chi connectivity index (χ1v) is 8.23. The number of rotatable bonds is 7. The van der Waals surface area contributed by atoms with Crippen LogP contribution in [0.15, 0.2) is 66.4 Å². The number of nitro groups is 1. The Bertz CT molecular complexity index is 848. The molecule has 2 aromatic rings. The molecule has 0 heterocycles. The van der Waals surface area contributed by atoms with Gasteiger partial charge in [0.05, 0.1) is 18.6 Å². The molecule has 8 heteroatoms. The summed E-state index contributed by atoms with van der Waals surface area (Å²) in [4.78, 5) is 34.8. The number of hydrogen-bond donors (Lipinski definition) is 0. The summed E-state index contributed by atoms with van der Waals surface area (Å²) in [5.41, 5.74) is 0.762. The lowest BCUT2D eigenvalue weighted by Gasteiger charge is -2.12. The Morgan fingerprint density at radius 2 is 1.78 bits per heavy atom. The van der Waals surface area contributed by atoms with Gasteiger partial charge in [-0.1, -0.05) is 41.9 Å². The van der Waals surface area contributed by atoms with Gasteiger partial charge >= 0.3 is 11.9 Å². The lowest BCUT2D eigenvalue weighted by molar-refractivity contribution is -0.481. The maximum atomic E-state index is 12.3. The molecule has 140 valence electrons. The van der Waals surface area contributed by atoms with Crippen LogP contribution in [0.1, 0.15) is 21.8 Å². The van der Waals surface area contributed by atoms with Gasteiger partial charge in [-0.15, -0.1) is 0 Å². The first-order chi connectivity index (χ1) is 12.9. The minimum absolute atomic E-state index is 0.166. The fourth-order valence-electron chi connectivity index (χ4n) is 2.29. The minimum Gasteiger partial charge on any atom is -0.463 e. The molecular weight excluding hydrogens is 374 g/mol. The first kappa shape index (κ1) is 20.1. The SMILES string of the molecule is COC(=O)/C(=C/[C@@H](C[N+](=O)[O-])c1ccccc1)OC(=O)c1ccc(Cl)cc1. The fraction of sp³-hybridized carbons (Fsp3) is 0.158. The summed E-state index contributed by atoms with van der Waals surface area (Å²) in [6.07, 6.45) is 1.22. The maximum absolute atomic E-state index is 12.3. The molecule has 2 rings (SSSR count). The van der Waals surface area contributed by atoms with E-state index in [1.165, 1.54) is 30.3 Å². The van der Waals surface area contributed by atoms with Crippen molar-refractivity contribution in [2.45, 2.75) is 5.92 Å². The minimum atomic E-state index is -0.915. The van der Waals surface area contributed by atoms with E-state index >= 15 is 0 Å². The third-order valence-corrected chi connectivity index (χ3v) is 3.85. The molecular formula is C19H16ClNO6. The van der Waals surface area contributed by atoms with Gasteiger partial charge in [-0.25, -0.2) is 9.59 Å². The van der Waals surface area contributed by atoms with E-state index in [2.05, 4.69) is 4.74 Å². The predicted molar refractivity (Wildman–Crippen MR) is 98.0 cm³/mol. The van der Waals surface area contributed by atoms with E-state index in [0.717, 1.165) is 7.11 Å². The second kappa shape index (κ2) is 9.49. The van der Waals surface area contributed by atoms with Gasteiger partial charge in [-0.3, -0.25) is 10.1 Å². The van der Waals surface area contributed by atoms with Crippen LogP contribution in [0.5, 0.6) is 0 Å². The van der Waals surface area contributed by atoms with Crippen LogP contribution in [0, 0.1) is 10.1 Å². The Hall–Kier alpha value is -3.19. The van der Waals surface area contributed by atoms with Crippen molar-refractivity contribution in [1.29, 1.82) is 0 Å². The highest BCUT2D eigenvalue weighted by atomic mass is 35.5. The number of halogens is 1. The molecule has 0 bridgehead atoms. The molecule has 7 nitrogen and oxygen atoms in total. The first-order valence-electron chi connectivity index (χ1n) is 7.85. The molecule has 0 spiro atoms. The highest BCUT2D eigenvalue weighted by Crippen LogP contribution is 2.21. The van der Waals surface area contributed by atoms with Crippen molar-refractivity contribution in [3.8, 4) is 0 Å². The normalized spacial score (nSPS) is 12.1. The highest BCUT2D eigenvalue weighted by Gasteiger charge is 2.23. The van der Waals surface area contributed by atoms with E-state index in [0.29, 0.717) is 10.6 Å². The van der Waals surface area contributed by atoms with Crippen LogP contribution in [0.4, 0.5) is 0 Å². The highest BCUT2D eigenvalue weighted by molar-refractivity contribution is 6.30. The molecule has 0 amide bonds. The molecule has 0 saturated carbocycles. The topological polar surface area (TPSA) is 95.7 Å².